The van der Waals surface area contributed by atoms with Crippen LogP contribution in [0.2, 0.25) is 0 Å². The quantitative estimate of drug-likeness (QED) is 0.464. The van der Waals surface area contributed by atoms with Gasteiger partial charge in [-0.1, -0.05) is 28.1 Å². The molecule has 8 heteroatoms. The number of benzene rings is 2. The standard InChI is InChI=1S/C16H14BrN3O4/c1-11(24-15-7-5-13(17)6-8-15)16(21)19-18-10-12-3-2-4-14(9-12)20(22)23/h2-11H,1H3,(H,19,21)/b18-10-/t11-/m1/s1. The third-order valence-corrected chi connectivity index (χ3v) is 3.49. The monoisotopic (exact) mass is 391 g/mol. The van der Waals surface area contributed by atoms with E-state index in [4.69, 9.17) is 4.74 Å². The molecule has 0 radical (unpaired) electrons. The fourth-order valence-corrected chi connectivity index (χ4v) is 2.02. The third-order valence-electron chi connectivity index (χ3n) is 2.97. The average molecular weight is 392 g/mol. The maximum absolute atomic E-state index is 11.9. The van der Waals surface area contributed by atoms with Crippen molar-refractivity contribution in [2.75, 3.05) is 0 Å². The summed E-state index contributed by atoms with van der Waals surface area (Å²) in [5, 5.41) is 14.5. The lowest BCUT2D eigenvalue weighted by Crippen LogP contribution is -2.33. The number of amides is 1. The van der Waals surface area contributed by atoms with Gasteiger partial charge in [-0.3, -0.25) is 14.9 Å². The molecule has 1 atom stereocenters. The van der Waals surface area contributed by atoms with Crippen molar-refractivity contribution in [1.82, 2.24) is 5.43 Å². The molecule has 0 bridgehead atoms. The zero-order chi connectivity index (χ0) is 17.5. The predicted molar refractivity (Wildman–Crippen MR) is 93.1 cm³/mol. The van der Waals surface area contributed by atoms with Crippen molar-refractivity contribution < 1.29 is 14.5 Å². The molecule has 0 aliphatic rings. The highest BCUT2D eigenvalue weighted by Crippen LogP contribution is 2.17. The molecule has 0 saturated heterocycles. The molecule has 0 aliphatic carbocycles. The molecule has 2 aromatic rings. The van der Waals surface area contributed by atoms with Crippen LogP contribution in [0.15, 0.2) is 58.1 Å². The van der Waals surface area contributed by atoms with Crippen molar-refractivity contribution in [3.63, 3.8) is 0 Å². The van der Waals surface area contributed by atoms with E-state index in [0.29, 0.717) is 11.3 Å². The summed E-state index contributed by atoms with van der Waals surface area (Å²) in [7, 11) is 0. The van der Waals surface area contributed by atoms with Gasteiger partial charge < -0.3 is 4.74 Å². The summed E-state index contributed by atoms with van der Waals surface area (Å²) in [6.07, 6.45) is 0.588. The molecule has 24 heavy (non-hydrogen) atoms. The van der Waals surface area contributed by atoms with Crippen LogP contribution >= 0.6 is 15.9 Å². The van der Waals surface area contributed by atoms with Gasteiger partial charge in [-0.15, -0.1) is 0 Å². The smallest absolute Gasteiger partial charge is 0.280 e. The lowest BCUT2D eigenvalue weighted by atomic mass is 10.2. The second-order valence-electron chi connectivity index (χ2n) is 4.80. The number of nitro groups is 1. The van der Waals surface area contributed by atoms with Crippen LogP contribution in [0.3, 0.4) is 0 Å². The van der Waals surface area contributed by atoms with E-state index in [1.165, 1.54) is 18.3 Å². The molecular formula is C16H14BrN3O4. The van der Waals surface area contributed by atoms with E-state index in [9.17, 15) is 14.9 Å². The fourth-order valence-electron chi connectivity index (χ4n) is 1.75. The first kappa shape index (κ1) is 17.6. The summed E-state index contributed by atoms with van der Waals surface area (Å²) in [6.45, 7) is 1.60. The first-order valence-corrected chi connectivity index (χ1v) is 7.74. The van der Waals surface area contributed by atoms with E-state index in [1.54, 1.807) is 43.3 Å². The van der Waals surface area contributed by atoms with Gasteiger partial charge in [-0.05, 0) is 31.2 Å². The summed E-state index contributed by atoms with van der Waals surface area (Å²) < 4.78 is 6.40. The van der Waals surface area contributed by atoms with Gasteiger partial charge in [-0.25, -0.2) is 5.43 Å². The Balaban J connectivity index is 1.90. The molecule has 124 valence electrons. The summed E-state index contributed by atoms with van der Waals surface area (Å²) >= 11 is 3.31. The summed E-state index contributed by atoms with van der Waals surface area (Å²) in [4.78, 5) is 22.1. The topological polar surface area (TPSA) is 93.8 Å². The van der Waals surface area contributed by atoms with Gasteiger partial charge in [-0.2, -0.15) is 5.10 Å². The van der Waals surface area contributed by atoms with Crippen molar-refractivity contribution in [1.29, 1.82) is 0 Å². The Bertz CT molecular complexity index is 762. The highest BCUT2D eigenvalue weighted by molar-refractivity contribution is 9.10. The van der Waals surface area contributed by atoms with Crippen LogP contribution in [-0.4, -0.2) is 23.1 Å². The number of ether oxygens (including phenoxy) is 1. The fraction of sp³-hybridized carbons (Fsp3) is 0.125. The molecule has 0 heterocycles. The Kier molecular flexibility index (Phi) is 6.02. The normalized spacial score (nSPS) is 11.9. The van der Waals surface area contributed by atoms with E-state index in [1.807, 2.05) is 0 Å². The van der Waals surface area contributed by atoms with Crippen LogP contribution in [0.1, 0.15) is 12.5 Å². The molecule has 0 spiro atoms. The Morgan fingerprint density at radius 2 is 2.04 bits per heavy atom. The minimum atomic E-state index is -0.742. The van der Waals surface area contributed by atoms with Gasteiger partial charge in [0.25, 0.3) is 11.6 Å². The van der Waals surface area contributed by atoms with E-state index >= 15 is 0 Å². The van der Waals surface area contributed by atoms with Crippen molar-refractivity contribution in [2.24, 2.45) is 5.10 Å². The summed E-state index contributed by atoms with van der Waals surface area (Å²) in [5.74, 6) is 0.128. The highest BCUT2D eigenvalue weighted by atomic mass is 79.9. The zero-order valence-corrected chi connectivity index (χ0v) is 14.3. The molecule has 2 aromatic carbocycles. The van der Waals surface area contributed by atoms with Crippen molar-refractivity contribution >= 4 is 33.7 Å². The second-order valence-corrected chi connectivity index (χ2v) is 5.72. The lowest BCUT2D eigenvalue weighted by molar-refractivity contribution is -0.384. The molecule has 7 nitrogen and oxygen atoms in total. The van der Waals surface area contributed by atoms with Crippen LogP contribution in [0.4, 0.5) is 5.69 Å². The van der Waals surface area contributed by atoms with Crippen LogP contribution in [0, 0.1) is 10.1 Å². The number of hydrazone groups is 1. The average Bonchev–Trinajstić information content (AvgIpc) is 2.57. The van der Waals surface area contributed by atoms with Crippen molar-refractivity contribution in [2.45, 2.75) is 13.0 Å². The number of halogens is 1. The molecule has 2 rings (SSSR count). The largest absolute Gasteiger partial charge is 0.481 e. The maximum atomic E-state index is 11.9. The molecular weight excluding hydrogens is 378 g/mol. The number of nitro benzene ring substituents is 1. The molecule has 0 unspecified atom stereocenters. The van der Waals surface area contributed by atoms with E-state index in [2.05, 4.69) is 26.5 Å². The van der Waals surface area contributed by atoms with Gasteiger partial charge in [0.1, 0.15) is 5.75 Å². The van der Waals surface area contributed by atoms with Gasteiger partial charge in [0.05, 0.1) is 11.1 Å². The first-order valence-electron chi connectivity index (χ1n) is 6.95. The van der Waals surface area contributed by atoms with Crippen LogP contribution in [0.5, 0.6) is 5.75 Å². The van der Waals surface area contributed by atoms with E-state index in [0.717, 1.165) is 4.47 Å². The SMILES string of the molecule is C[C@@H](Oc1ccc(Br)cc1)C(=O)N/N=C\c1cccc([N+](=O)[O-])c1. The number of non-ortho nitro benzene ring substituents is 1. The van der Waals surface area contributed by atoms with E-state index in [-0.39, 0.29) is 5.69 Å². The van der Waals surface area contributed by atoms with Gasteiger partial charge in [0.15, 0.2) is 6.10 Å². The number of nitrogens with one attached hydrogen (secondary N) is 1. The number of hydrogen-bond acceptors (Lipinski definition) is 5. The Morgan fingerprint density at radius 1 is 1.33 bits per heavy atom. The van der Waals surface area contributed by atoms with Crippen molar-refractivity contribution in [3.8, 4) is 5.75 Å². The third kappa shape index (κ3) is 5.17. The van der Waals surface area contributed by atoms with E-state index < -0.39 is 16.9 Å². The molecule has 1 amide bonds. The Hall–Kier alpha value is -2.74. The predicted octanol–water partition coefficient (Wildman–Crippen LogP) is 3.27. The summed E-state index contributed by atoms with van der Waals surface area (Å²) in [6, 6.07) is 13.0. The van der Waals surface area contributed by atoms with Crippen molar-refractivity contribution in [3.05, 3.63) is 68.7 Å². The molecule has 0 aliphatic heterocycles. The molecule has 0 fully saturated rings. The summed E-state index contributed by atoms with van der Waals surface area (Å²) in [5.41, 5.74) is 2.80. The number of rotatable bonds is 6. The molecule has 1 N–H and O–H groups in total. The highest BCUT2D eigenvalue weighted by Gasteiger charge is 2.13. The molecule has 0 aromatic heterocycles. The van der Waals surface area contributed by atoms with Crippen LogP contribution in [-0.2, 0) is 4.79 Å². The van der Waals surface area contributed by atoms with Gasteiger partial charge >= 0.3 is 0 Å². The Morgan fingerprint density at radius 3 is 2.71 bits per heavy atom. The first-order chi connectivity index (χ1) is 11.5. The lowest BCUT2D eigenvalue weighted by Gasteiger charge is -2.12. The van der Waals surface area contributed by atoms with Crippen LogP contribution in [0.25, 0.3) is 0 Å². The zero-order valence-electron chi connectivity index (χ0n) is 12.7. The Labute approximate surface area is 146 Å². The number of carbonyl (C=O) groups excluding carboxylic acids is 1. The minimum absolute atomic E-state index is 0.0442. The molecule has 0 saturated carbocycles. The van der Waals surface area contributed by atoms with Gasteiger partial charge in [0.2, 0.25) is 0 Å². The maximum Gasteiger partial charge on any atom is 0.280 e. The van der Waals surface area contributed by atoms with Gasteiger partial charge in [0, 0.05) is 22.2 Å². The second kappa shape index (κ2) is 8.21. The number of carbonyl (C=O) groups is 1. The minimum Gasteiger partial charge on any atom is -0.481 e. The van der Waals surface area contributed by atoms with Crippen LogP contribution < -0.4 is 10.2 Å². The number of hydrogen-bond donors (Lipinski definition) is 1. The number of nitrogens with zero attached hydrogens (tertiary/aromatic N) is 2.